The number of carbonyl (C=O) groups is 1. The van der Waals surface area contributed by atoms with Gasteiger partial charge in [-0.3, -0.25) is 4.79 Å². The van der Waals surface area contributed by atoms with Crippen molar-refractivity contribution in [2.45, 2.75) is 6.92 Å². The van der Waals surface area contributed by atoms with Crippen LogP contribution in [-0.4, -0.2) is 15.7 Å². The van der Waals surface area contributed by atoms with Crippen molar-refractivity contribution in [2.24, 2.45) is 0 Å². The van der Waals surface area contributed by atoms with Crippen LogP contribution in [0.2, 0.25) is 0 Å². The van der Waals surface area contributed by atoms with E-state index >= 15 is 0 Å². The first kappa shape index (κ1) is 6.85. The third-order valence-corrected chi connectivity index (χ3v) is 0.934. The predicted octanol–water partition coefficient (Wildman–Crippen LogP) is 0.821. The Morgan fingerprint density at radius 1 is 1.70 bits per heavy atom. The first-order valence-electron chi connectivity index (χ1n) is 2.53. The van der Waals surface area contributed by atoms with Crippen LogP contribution >= 0.6 is 0 Å². The fourth-order valence-electron chi connectivity index (χ4n) is 0.552. The van der Waals surface area contributed by atoms with Crippen LogP contribution < -0.4 is 0 Å². The van der Waals surface area contributed by atoms with Crippen LogP contribution in [-0.2, 0) is 0 Å². The molecule has 10 heavy (non-hydrogen) atoms. The summed E-state index contributed by atoms with van der Waals surface area (Å²) >= 11 is 0. The quantitative estimate of drug-likeness (QED) is 0.543. The van der Waals surface area contributed by atoms with Gasteiger partial charge in [0.15, 0.2) is 0 Å². The van der Waals surface area contributed by atoms with Crippen molar-refractivity contribution in [3.8, 4) is 0 Å². The zero-order valence-electron chi connectivity index (χ0n) is 5.14. The average molecular weight is 146 g/mol. The van der Waals surface area contributed by atoms with Crippen LogP contribution in [0, 0.1) is 11.9 Å². The van der Waals surface area contributed by atoms with Crippen LogP contribution in [0.15, 0.2) is 6.07 Å². The lowest BCUT2D eigenvalue weighted by Gasteiger charge is -1.90. The zero-order chi connectivity index (χ0) is 7.72. The highest BCUT2D eigenvalue weighted by Gasteiger charge is 2.08. The molecule has 3 nitrogen and oxygen atoms in total. The Morgan fingerprint density at radius 3 is 2.50 bits per heavy atom. The highest BCUT2D eigenvalue weighted by atomic mass is 19.1. The molecule has 0 fully saturated rings. The maximum absolute atomic E-state index is 12.3. The number of halogens is 2. The Balaban J connectivity index is 3.15. The summed E-state index contributed by atoms with van der Waals surface area (Å²) in [4.78, 5) is 10.4. The van der Waals surface area contributed by atoms with Gasteiger partial charge in [-0.25, -0.2) is 0 Å². The molecule has 1 rings (SSSR count). The van der Waals surface area contributed by atoms with Gasteiger partial charge in [0.05, 0.1) is 6.07 Å². The lowest BCUT2D eigenvalue weighted by Crippen LogP contribution is -2.09. The maximum Gasteiger partial charge on any atom is 0.246 e. The van der Waals surface area contributed by atoms with Crippen molar-refractivity contribution in [1.29, 1.82) is 0 Å². The second kappa shape index (κ2) is 2.17. The maximum atomic E-state index is 12.3. The molecule has 0 bridgehead atoms. The predicted molar refractivity (Wildman–Crippen MR) is 28.4 cm³/mol. The molecule has 0 unspecified atom stereocenters. The Morgan fingerprint density at radius 2 is 2.30 bits per heavy atom. The Kier molecular flexibility index (Phi) is 1.48. The lowest BCUT2D eigenvalue weighted by atomic mass is 10.6. The Hall–Kier alpha value is -1.26. The van der Waals surface area contributed by atoms with Gasteiger partial charge in [-0.1, -0.05) is 0 Å². The number of nitrogens with zero attached hydrogens (tertiary/aromatic N) is 2. The summed E-state index contributed by atoms with van der Waals surface area (Å²) in [5.41, 5.74) is 0. The molecule has 0 atom stereocenters. The molecular weight excluding hydrogens is 142 g/mol. The highest BCUT2D eigenvalue weighted by molar-refractivity contribution is 5.74. The minimum atomic E-state index is -0.993. The van der Waals surface area contributed by atoms with E-state index in [1.807, 2.05) is 0 Å². The fraction of sp³-hybridized carbons (Fsp3) is 0.200. The van der Waals surface area contributed by atoms with E-state index in [9.17, 15) is 13.6 Å². The van der Waals surface area contributed by atoms with Crippen molar-refractivity contribution < 1.29 is 13.6 Å². The van der Waals surface area contributed by atoms with Crippen LogP contribution in [0.1, 0.15) is 11.7 Å². The van der Waals surface area contributed by atoms with E-state index in [0.29, 0.717) is 10.7 Å². The number of aromatic nitrogens is 2. The third-order valence-electron chi connectivity index (χ3n) is 0.934. The summed E-state index contributed by atoms with van der Waals surface area (Å²) in [6, 6.07) is 0.543. The first-order valence-corrected chi connectivity index (χ1v) is 2.53. The van der Waals surface area contributed by atoms with E-state index in [4.69, 9.17) is 0 Å². The number of hydrogen-bond acceptors (Lipinski definition) is 2. The minimum absolute atomic E-state index is 0.356. The topological polar surface area (TPSA) is 34.9 Å². The second-order valence-corrected chi connectivity index (χ2v) is 1.72. The van der Waals surface area contributed by atoms with Gasteiger partial charge in [0, 0.05) is 6.92 Å². The summed E-state index contributed by atoms with van der Waals surface area (Å²) < 4.78 is 24.7. The molecule has 0 saturated carbocycles. The molecule has 0 radical (unpaired) electrons. The van der Waals surface area contributed by atoms with E-state index in [1.54, 1.807) is 0 Å². The van der Waals surface area contributed by atoms with Crippen LogP contribution in [0.25, 0.3) is 0 Å². The van der Waals surface area contributed by atoms with Gasteiger partial charge in [-0.05, 0) is 0 Å². The molecule has 0 aliphatic heterocycles. The average Bonchev–Trinajstić information content (AvgIpc) is 2.10. The molecule has 1 heterocycles. The number of rotatable bonds is 0. The van der Waals surface area contributed by atoms with Crippen LogP contribution in [0.3, 0.4) is 0 Å². The SMILES string of the molecule is CC(=O)n1nc(F)cc1F. The lowest BCUT2D eigenvalue weighted by molar-refractivity contribution is 0.0903. The monoisotopic (exact) mass is 146 g/mol. The normalized spacial score (nSPS) is 9.90. The molecule has 0 amide bonds. The molecule has 0 aliphatic carbocycles. The van der Waals surface area contributed by atoms with Crippen molar-refractivity contribution in [3.63, 3.8) is 0 Å². The molecular formula is C5H4F2N2O. The van der Waals surface area contributed by atoms with E-state index < -0.39 is 17.8 Å². The Bertz CT molecular complexity index is 269. The highest BCUT2D eigenvalue weighted by Crippen LogP contribution is 1.99. The molecule has 0 saturated heterocycles. The van der Waals surface area contributed by atoms with E-state index in [1.165, 1.54) is 0 Å². The molecule has 1 aromatic heterocycles. The summed E-state index contributed by atoms with van der Waals surface area (Å²) in [5.74, 6) is -2.63. The number of hydrogen-bond donors (Lipinski definition) is 0. The summed E-state index contributed by atoms with van der Waals surface area (Å²) in [5, 5.41) is 2.94. The van der Waals surface area contributed by atoms with E-state index in [-0.39, 0.29) is 0 Å². The van der Waals surface area contributed by atoms with Gasteiger partial charge >= 0.3 is 0 Å². The molecule has 5 heteroatoms. The van der Waals surface area contributed by atoms with Crippen LogP contribution in [0.4, 0.5) is 8.78 Å². The molecule has 0 N–H and O–H groups in total. The molecule has 1 aromatic rings. The standard InChI is InChI=1S/C5H4F2N2O/c1-3(10)9-5(7)2-4(6)8-9/h2H,1H3. The molecule has 0 spiro atoms. The number of carbonyl (C=O) groups excluding carboxylic acids is 1. The van der Waals surface area contributed by atoms with Crippen molar-refractivity contribution >= 4 is 5.91 Å². The second-order valence-electron chi connectivity index (χ2n) is 1.72. The fourth-order valence-corrected chi connectivity index (χ4v) is 0.552. The molecule has 0 aliphatic rings. The van der Waals surface area contributed by atoms with Crippen LogP contribution in [0.5, 0.6) is 0 Å². The molecule has 54 valence electrons. The first-order chi connectivity index (χ1) is 4.61. The van der Waals surface area contributed by atoms with Gasteiger partial charge in [0.1, 0.15) is 0 Å². The van der Waals surface area contributed by atoms with Gasteiger partial charge in [-0.2, -0.15) is 13.5 Å². The summed E-state index contributed by atoms with van der Waals surface area (Å²) in [7, 11) is 0. The van der Waals surface area contributed by atoms with Gasteiger partial charge in [-0.15, -0.1) is 5.10 Å². The van der Waals surface area contributed by atoms with Crippen molar-refractivity contribution in [1.82, 2.24) is 9.78 Å². The smallest absolute Gasteiger partial charge is 0.246 e. The van der Waals surface area contributed by atoms with Gasteiger partial charge < -0.3 is 0 Å². The van der Waals surface area contributed by atoms with Crippen molar-refractivity contribution in [3.05, 3.63) is 18.0 Å². The van der Waals surface area contributed by atoms with Gasteiger partial charge in [0.2, 0.25) is 17.8 Å². The minimum Gasteiger partial charge on any atom is -0.273 e. The summed E-state index contributed by atoms with van der Waals surface area (Å²) in [6.07, 6.45) is 0. The Labute approximate surface area is 55.3 Å². The van der Waals surface area contributed by atoms with Gasteiger partial charge in [0.25, 0.3) is 0 Å². The molecule has 0 aromatic carbocycles. The summed E-state index contributed by atoms with van der Waals surface area (Å²) in [6.45, 7) is 1.09. The van der Waals surface area contributed by atoms with E-state index in [2.05, 4.69) is 5.10 Å². The van der Waals surface area contributed by atoms with Crippen molar-refractivity contribution in [2.75, 3.05) is 0 Å². The largest absolute Gasteiger partial charge is 0.273 e. The van der Waals surface area contributed by atoms with E-state index in [0.717, 1.165) is 6.92 Å². The third kappa shape index (κ3) is 1.02. The zero-order valence-corrected chi connectivity index (χ0v) is 5.14.